The second-order valence-electron chi connectivity index (χ2n) is 6.83. The molecule has 0 aliphatic carbocycles. The zero-order valence-electron chi connectivity index (χ0n) is 15.9. The minimum atomic E-state index is -3.58. The molecule has 148 valence electrons. The Morgan fingerprint density at radius 2 is 1.12 bits per heavy atom. The predicted molar refractivity (Wildman–Crippen MR) is 114 cm³/mol. The average molecular weight is 411 g/mol. The van der Waals surface area contributed by atoms with Gasteiger partial charge in [-0.05, 0) is 18.6 Å². The topological polar surface area (TPSA) is 43.4 Å². The Morgan fingerprint density at radius 1 is 0.692 bits per heavy atom. The molecule has 0 bridgehead atoms. The fourth-order valence-electron chi connectivity index (χ4n) is 2.94. The molecule has 0 saturated heterocycles. The maximum absolute atomic E-state index is 11.9. The molecular weight excluding hydrogens is 372 g/mol. The Bertz CT molecular complexity index is 517. The molecule has 0 aliphatic heterocycles. The van der Waals surface area contributed by atoms with Gasteiger partial charge in [-0.2, -0.15) is 8.42 Å². The van der Waals surface area contributed by atoms with E-state index < -0.39 is 10.1 Å². The van der Waals surface area contributed by atoms with E-state index in [0.29, 0.717) is 0 Å². The molecule has 0 amide bonds. The van der Waals surface area contributed by atoms with Crippen LogP contribution in [0.4, 0.5) is 0 Å². The van der Waals surface area contributed by atoms with Crippen molar-refractivity contribution in [3.05, 3.63) is 30.3 Å². The maximum atomic E-state index is 11.9. The van der Waals surface area contributed by atoms with Gasteiger partial charge in [0.2, 0.25) is 0 Å². The van der Waals surface area contributed by atoms with Crippen molar-refractivity contribution < 1.29 is 12.6 Å². The predicted octanol–water partition coefficient (Wildman–Crippen LogP) is 5.57. The molecule has 0 aromatic heterocycles. The van der Waals surface area contributed by atoms with Crippen LogP contribution in [-0.2, 0) is 14.3 Å². The monoisotopic (exact) mass is 410 g/mol. The zero-order chi connectivity index (χ0) is 18.2. The van der Waals surface area contributed by atoms with Crippen LogP contribution in [-0.4, -0.2) is 52.8 Å². The van der Waals surface area contributed by atoms with E-state index in [2.05, 4.69) is 6.92 Å². The molecule has 0 aliphatic rings. The molecule has 3 nitrogen and oxygen atoms in total. The van der Waals surface area contributed by atoms with E-state index in [1.807, 2.05) is 0 Å². The summed E-state index contributed by atoms with van der Waals surface area (Å²) in [7, 11) is -3.58. The number of hydrogen-bond acceptors (Lipinski definition) is 3. The van der Waals surface area contributed by atoms with Crippen molar-refractivity contribution in [1.82, 2.24) is 0 Å². The molecule has 26 heavy (non-hydrogen) atoms. The molecule has 5 heteroatoms. The van der Waals surface area contributed by atoms with Crippen LogP contribution in [0.1, 0.15) is 90.4 Å². The van der Waals surface area contributed by atoms with E-state index in [9.17, 15) is 8.42 Å². The first-order valence-electron chi connectivity index (χ1n) is 10.1. The van der Waals surface area contributed by atoms with Gasteiger partial charge in [0.1, 0.15) is 0 Å². The Balaban J connectivity index is 0.00000625. The SMILES string of the molecule is CCCCCCCCCCCCCCCOS(=O)(=O)c1ccccc1.[CaH2]. The average Bonchev–Trinajstić information content (AvgIpc) is 2.63. The number of rotatable bonds is 16. The van der Waals surface area contributed by atoms with E-state index in [1.165, 1.54) is 70.6 Å². The van der Waals surface area contributed by atoms with Gasteiger partial charge in [0.15, 0.2) is 0 Å². The summed E-state index contributed by atoms with van der Waals surface area (Å²) < 4.78 is 28.9. The zero-order valence-corrected chi connectivity index (χ0v) is 16.7. The molecule has 0 N–H and O–H groups in total. The molecule has 0 heterocycles. The number of unbranched alkanes of at least 4 members (excludes halogenated alkanes) is 12. The Kier molecular flexibility index (Phi) is 17.7. The fraction of sp³-hybridized carbons (Fsp3) is 0.714. The number of hydrogen-bond donors (Lipinski definition) is 0. The van der Waals surface area contributed by atoms with Crippen molar-refractivity contribution in [3.63, 3.8) is 0 Å². The van der Waals surface area contributed by atoms with Crippen molar-refractivity contribution in [3.8, 4) is 0 Å². The van der Waals surface area contributed by atoms with Gasteiger partial charge in [-0.1, -0.05) is 102 Å². The van der Waals surface area contributed by atoms with Crippen LogP contribution in [0.5, 0.6) is 0 Å². The fourth-order valence-corrected chi connectivity index (χ4v) is 3.91. The minimum absolute atomic E-state index is 0. The van der Waals surface area contributed by atoms with Crippen molar-refractivity contribution in [2.75, 3.05) is 6.61 Å². The van der Waals surface area contributed by atoms with E-state index in [-0.39, 0.29) is 49.2 Å². The first kappa shape index (κ1) is 26.4. The summed E-state index contributed by atoms with van der Waals surface area (Å²) in [4.78, 5) is 0.240. The molecule has 1 aromatic carbocycles. The van der Waals surface area contributed by atoms with Crippen molar-refractivity contribution >= 4 is 47.9 Å². The van der Waals surface area contributed by atoms with Crippen LogP contribution >= 0.6 is 0 Å². The van der Waals surface area contributed by atoms with Gasteiger partial charge in [-0.3, -0.25) is 4.18 Å². The Hall–Kier alpha value is 0.390. The first-order chi connectivity index (χ1) is 12.2. The van der Waals surface area contributed by atoms with Crippen LogP contribution in [0.2, 0.25) is 0 Å². The van der Waals surface area contributed by atoms with Gasteiger partial charge in [-0.15, -0.1) is 0 Å². The molecular formula is C21H38CaO3S. The van der Waals surface area contributed by atoms with Crippen molar-refractivity contribution in [1.29, 1.82) is 0 Å². The Morgan fingerprint density at radius 3 is 1.58 bits per heavy atom. The Labute approximate surface area is 191 Å². The third kappa shape index (κ3) is 13.5. The van der Waals surface area contributed by atoms with Gasteiger partial charge in [0.25, 0.3) is 10.1 Å². The van der Waals surface area contributed by atoms with Crippen LogP contribution in [0.25, 0.3) is 0 Å². The molecule has 1 rings (SSSR count). The van der Waals surface area contributed by atoms with E-state index in [4.69, 9.17) is 4.18 Å². The van der Waals surface area contributed by atoms with Gasteiger partial charge in [-0.25, -0.2) is 0 Å². The summed E-state index contributed by atoms with van der Waals surface area (Å²) in [6, 6.07) is 8.35. The van der Waals surface area contributed by atoms with Crippen LogP contribution in [0.15, 0.2) is 35.2 Å². The van der Waals surface area contributed by atoms with E-state index in [0.717, 1.165) is 12.8 Å². The third-order valence-corrected chi connectivity index (χ3v) is 5.84. The molecule has 0 radical (unpaired) electrons. The van der Waals surface area contributed by atoms with E-state index >= 15 is 0 Å². The quantitative estimate of drug-likeness (QED) is 0.203. The molecule has 0 fully saturated rings. The molecule has 0 unspecified atom stereocenters. The second kappa shape index (κ2) is 17.5. The third-order valence-electron chi connectivity index (χ3n) is 4.52. The number of benzene rings is 1. The first-order valence-corrected chi connectivity index (χ1v) is 11.5. The van der Waals surface area contributed by atoms with Crippen molar-refractivity contribution in [2.45, 2.75) is 95.3 Å². The van der Waals surface area contributed by atoms with Gasteiger partial charge >= 0.3 is 37.7 Å². The summed E-state index contributed by atoms with van der Waals surface area (Å²) in [5.41, 5.74) is 0. The van der Waals surface area contributed by atoms with Crippen molar-refractivity contribution in [2.24, 2.45) is 0 Å². The molecule has 0 atom stereocenters. The molecule has 1 aromatic rings. The van der Waals surface area contributed by atoms with Gasteiger partial charge in [0, 0.05) is 0 Å². The normalized spacial score (nSPS) is 11.3. The van der Waals surface area contributed by atoms with Crippen LogP contribution in [0, 0.1) is 0 Å². The van der Waals surface area contributed by atoms with Gasteiger partial charge < -0.3 is 0 Å². The summed E-state index contributed by atoms with van der Waals surface area (Å²) >= 11 is 0. The van der Waals surface area contributed by atoms with Crippen LogP contribution in [0.3, 0.4) is 0 Å². The second-order valence-corrected chi connectivity index (χ2v) is 8.45. The summed E-state index contributed by atoms with van der Waals surface area (Å²) in [5, 5.41) is 0. The van der Waals surface area contributed by atoms with E-state index in [1.54, 1.807) is 30.3 Å². The summed E-state index contributed by atoms with van der Waals surface area (Å²) in [5.74, 6) is 0. The summed E-state index contributed by atoms with van der Waals surface area (Å²) in [6.45, 7) is 2.54. The van der Waals surface area contributed by atoms with Crippen LogP contribution < -0.4 is 0 Å². The molecule has 0 spiro atoms. The standard InChI is InChI=1S/C21H36O3S.Ca.2H/c1-2-3-4-5-6-7-8-9-10-11-12-13-17-20-24-25(22,23)21-18-15-14-16-19-21;;;/h14-16,18-19H,2-13,17,20H2,1H3;;;. The van der Waals surface area contributed by atoms with Gasteiger partial charge in [0.05, 0.1) is 11.5 Å². The summed E-state index contributed by atoms with van der Waals surface area (Å²) in [6.07, 6.45) is 16.6. The molecule has 0 saturated carbocycles.